The van der Waals surface area contributed by atoms with E-state index in [0.29, 0.717) is 6.61 Å². The standard InChI is InChI=1S/C21H15BrO/c22-21-19-11-4-2-7-16(19)12-13-20(21)23-14-17-9-5-8-15-6-1-3-10-18(15)17/h1-13H,14H2. The molecule has 4 aromatic rings. The molecule has 0 aliphatic carbocycles. The summed E-state index contributed by atoms with van der Waals surface area (Å²) in [5, 5.41) is 4.86. The van der Waals surface area contributed by atoms with Crippen molar-refractivity contribution in [3.63, 3.8) is 0 Å². The van der Waals surface area contributed by atoms with Gasteiger partial charge >= 0.3 is 0 Å². The molecule has 4 aromatic carbocycles. The van der Waals surface area contributed by atoms with Gasteiger partial charge in [0.15, 0.2) is 0 Å². The Morgan fingerprint density at radius 3 is 2.13 bits per heavy atom. The smallest absolute Gasteiger partial charge is 0.134 e. The van der Waals surface area contributed by atoms with E-state index in [1.54, 1.807) is 0 Å². The van der Waals surface area contributed by atoms with E-state index in [9.17, 15) is 0 Å². The molecule has 0 aromatic heterocycles. The maximum absolute atomic E-state index is 6.09. The first kappa shape index (κ1) is 14.3. The highest BCUT2D eigenvalue weighted by Gasteiger charge is 2.07. The molecule has 112 valence electrons. The fourth-order valence-electron chi connectivity index (χ4n) is 2.90. The van der Waals surface area contributed by atoms with Crippen LogP contribution in [0.25, 0.3) is 21.5 Å². The van der Waals surface area contributed by atoms with Crippen LogP contribution in [0.2, 0.25) is 0 Å². The molecule has 4 rings (SSSR count). The highest BCUT2D eigenvalue weighted by Crippen LogP contribution is 2.33. The van der Waals surface area contributed by atoms with Crippen LogP contribution in [-0.2, 0) is 6.61 Å². The van der Waals surface area contributed by atoms with E-state index in [-0.39, 0.29) is 0 Å². The Kier molecular flexibility index (Phi) is 3.76. The zero-order valence-corrected chi connectivity index (χ0v) is 14.1. The molecule has 0 heterocycles. The van der Waals surface area contributed by atoms with Gasteiger partial charge < -0.3 is 4.74 Å². The molecule has 0 aliphatic rings. The quantitative estimate of drug-likeness (QED) is 0.413. The Hall–Kier alpha value is -2.32. The van der Waals surface area contributed by atoms with Crippen LogP contribution in [-0.4, -0.2) is 0 Å². The van der Waals surface area contributed by atoms with E-state index < -0.39 is 0 Å². The lowest BCUT2D eigenvalue weighted by Gasteiger charge is -2.12. The van der Waals surface area contributed by atoms with Crippen LogP contribution in [0.1, 0.15) is 5.56 Å². The second kappa shape index (κ2) is 6.05. The number of rotatable bonds is 3. The lowest BCUT2D eigenvalue weighted by molar-refractivity contribution is 0.306. The SMILES string of the molecule is Brc1c(OCc2cccc3ccccc23)ccc2ccccc12. The highest BCUT2D eigenvalue weighted by molar-refractivity contribution is 9.10. The summed E-state index contributed by atoms with van der Waals surface area (Å²) < 4.78 is 7.10. The summed E-state index contributed by atoms with van der Waals surface area (Å²) in [5.41, 5.74) is 1.20. The maximum atomic E-state index is 6.09. The van der Waals surface area contributed by atoms with Crippen LogP contribution in [0.3, 0.4) is 0 Å². The van der Waals surface area contributed by atoms with Gasteiger partial charge in [-0.2, -0.15) is 0 Å². The molecule has 2 heteroatoms. The summed E-state index contributed by atoms with van der Waals surface area (Å²) in [4.78, 5) is 0. The summed E-state index contributed by atoms with van der Waals surface area (Å²) in [7, 11) is 0. The first-order chi connectivity index (χ1) is 11.3. The van der Waals surface area contributed by atoms with Gasteiger partial charge in [0.25, 0.3) is 0 Å². The maximum Gasteiger partial charge on any atom is 0.134 e. The predicted molar refractivity (Wildman–Crippen MR) is 99.9 cm³/mol. The summed E-state index contributed by atoms with van der Waals surface area (Å²) in [6.07, 6.45) is 0. The van der Waals surface area contributed by atoms with Crippen LogP contribution in [0.5, 0.6) is 5.75 Å². The number of hydrogen-bond donors (Lipinski definition) is 0. The van der Waals surface area contributed by atoms with Gasteiger partial charge in [-0.15, -0.1) is 0 Å². The number of ether oxygens (including phenoxy) is 1. The average molecular weight is 363 g/mol. The van der Waals surface area contributed by atoms with Crippen molar-refractivity contribution in [2.75, 3.05) is 0 Å². The predicted octanol–water partition coefficient (Wildman–Crippen LogP) is 6.33. The van der Waals surface area contributed by atoms with Crippen molar-refractivity contribution < 1.29 is 4.74 Å². The molecule has 0 N–H and O–H groups in total. The van der Waals surface area contributed by atoms with Gasteiger partial charge in [-0.05, 0) is 49.1 Å². The molecule has 0 atom stereocenters. The van der Waals surface area contributed by atoms with Gasteiger partial charge in [0.05, 0.1) is 4.47 Å². The lowest BCUT2D eigenvalue weighted by Crippen LogP contribution is -1.97. The molecule has 0 saturated heterocycles. The fraction of sp³-hybridized carbons (Fsp3) is 0.0476. The third-order valence-electron chi connectivity index (χ3n) is 4.09. The second-order valence-electron chi connectivity index (χ2n) is 5.53. The molecular weight excluding hydrogens is 348 g/mol. The zero-order valence-electron chi connectivity index (χ0n) is 12.5. The lowest BCUT2D eigenvalue weighted by atomic mass is 10.1. The van der Waals surface area contributed by atoms with E-state index >= 15 is 0 Å². The molecule has 0 spiro atoms. The van der Waals surface area contributed by atoms with Gasteiger partial charge in [-0.1, -0.05) is 72.8 Å². The average Bonchev–Trinajstić information content (AvgIpc) is 2.61. The fourth-order valence-corrected chi connectivity index (χ4v) is 3.51. The van der Waals surface area contributed by atoms with Gasteiger partial charge in [-0.25, -0.2) is 0 Å². The molecule has 0 amide bonds. The highest BCUT2D eigenvalue weighted by atomic mass is 79.9. The Morgan fingerprint density at radius 2 is 1.30 bits per heavy atom. The summed E-state index contributed by atoms with van der Waals surface area (Å²) in [6, 6.07) is 27.2. The molecule has 0 radical (unpaired) electrons. The Morgan fingerprint density at radius 1 is 0.652 bits per heavy atom. The van der Waals surface area contributed by atoms with E-state index in [2.05, 4.69) is 76.6 Å². The van der Waals surface area contributed by atoms with E-state index in [0.717, 1.165) is 10.2 Å². The normalized spacial score (nSPS) is 11.0. The zero-order chi connectivity index (χ0) is 15.6. The molecule has 0 aliphatic heterocycles. The van der Waals surface area contributed by atoms with E-state index in [1.807, 2.05) is 18.2 Å². The van der Waals surface area contributed by atoms with Crippen molar-refractivity contribution in [1.29, 1.82) is 0 Å². The second-order valence-corrected chi connectivity index (χ2v) is 6.32. The third-order valence-corrected chi connectivity index (χ3v) is 4.91. The van der Waals surface area contributed by atoms with Crippen LogP contribution < -0.4 is 4.74 Å². The number of halogens is 1. The van der Waals surface area contributed by atoms with Gasteiger partial charge in [0.2, 0.25) is 0 Å². The van der Waals surface area contributed by atoms with Crippen molar-refractivity contribution >= 4 is 37.5 Å². The monoisotopic (exact) mass is 362 g/mol. The van der Waals surface area contributed by atoms with Crippen molar-refractivity contribution in [1.82, 2.24) is 0 Å². The largest absolute Gasteiger partial charge is 0.488 e. The summed E-state index contributed by atoms with van der Waals surface area (Å²) >= 11 is 3.68. The minimum Gasteiger partial charge on any atom is -0.488 e. The van der Waals surface area contributed by atoms with Crippen molar-refractivity contribution in [2.24, 2.45) is 0 Å². The van der Waals surface area contributed by atoms with Crippen LogP contribution in [0.15, 0.2) is 83.3 Å². The molecule has 1 nitrogen and oxygen atoms in total. The van der Waals surface area contributed by atoms with E-state index in [1.165, 1.54) is 27.1 Å². The van der Waals surface area contributed by atoms with Crippen molar-refractivity contribution in [3.05, 3.63) is 88.9 Å². The Bertz CT molecular complexity index is 986. The molecule has 0 fully saturated rings. The minimum atomic E-state index is 0.554. The summed E-state index contributed by atoms with van der Waals surface area (Å²) in [5.74, 6) is 0.872. The number of hydrogen-bond acceptors (Lipinski definition) is 1. The van der Waals surface area contributed by atoms with Gasteiger partial charge in [0.1, 0.15) is 12.4 Å². The summed E-state index contributed by atoms with van der Waals surface area (Å²) in [6.45, 7) is 0.554. The third kappa shape index (κ3) is 2.71. The molecule has 0 saturated carbocycles. The Labute approximate surface area is 143 Å². The first-order valence-corrected chi connectivity index (χ1v) is 8.39. The topological polar surface area (TPSA) is 9.23 Å². The molecular formula is C21H15BrO. The Balaban J connectivity index is 1.67. The van der Waals surface area contributed by atoms with Crippen molar-refractivity contribution in [2.45, 2.75) is 6.61 Å². The molecule has 23 heavy (non-hydrogen) atoms. The van der Waals surface area contributed by atoms with Crippen molar-refractivity contribution in [3.8, 4) is 5.75 Å². The van der Waals surface area contributed by atoms with Crippen LogP contribution >= 0.6 is 15.9 Å². The first-order valence-electron chi connectivity index (χ1n) is 7.59. The number of fused-ring (bicyclic) bond motifs is 2. The van der Waals surface area contributed by atoms with Crippen LogP contribution in [0, 0.1) is 0 Å². The minimum absolute atomic E-state index is 0.554. The number of benzene rings is 4. The van der Waals surface area contributed by atoms with Crippen LogP contribution in [0.4, 0.5) is 0 Å². The molecule has 0 unspecified atom stereocenters. The van der Waals surface area contributed by atoms with Gasteiger partial charge in [-0.3, -0.25) is 0 Å². The van der Waals surface area contributed by atoms with E-state index in [4.69, 9.17) is 4.74 Å². The van der Waals surface area contributed by atoms with Gasteiger partial charge in [0, 0.05) is 0 Å². The molecule has 0 bridgehead atoms.